The molecule has 0 bridgehead atoms. The summed E-state index contributed by atoms with van der Waals surface area (Å²) in [7, 11) is 0. The van der Waals surface area contributed by atoms with Gasteiger partial charge in [-0.2, -0.15) is 0 Å². The number of rotatable bonds is 7. The predicted molar refractivity (Wildman–Crippen MR) is 618 cm³/mol. The number of aromatic nitrogens is 9. The van der Waals surface area contributed by atoms with E-state index in [4.69, 9.17) is 24.9 Å². The van der Waals surface area contributed by atoms with Crippen LogP contribution < -0.4 is 0 Å². The van der Waals surface area contributed by atoms with Crippen LogP contribution >= 0.6 is 0 Å². The molecule has 0 amide bonds. The largest absolute Gasteiger partial charge is 0.292 e. The summed E-state index contributed by atoms with van der Waals surface area (Å²) in [6.45, 7) is 0. The van der Waals surface area contributed by atoms with E-state index in [2.05, 4.69) is 461 Å². The molecule has 0 atom stereocenters. The van der Waals surface area contributed by atoms with E-state index in [-0.39, 0.29) is 0 Å². The molecule has 33 aromatic rings. The number of hydrogen-bond donors (Lipinski definition) is 0. The lowest BCUT2D eigenvalue weighted by molar-refractivity contribution is 1.29. The fraction of sp³-hybridized carbons (Fsp3) is 0. The van der Waals surface area contributed by atoms with Crippen molar-refractivity contribution in [2.45, 2.75) is 0 Å². The van der Waals surface area contributed by atoms with Crippen LogP contribution in [0.25, 0.3) is 312 Å². The van der Waals surface area contributed by atoms with E-state index in [1.165, 1.54) is 196 Å². The minimum Gasteiger partial charge on any atom is -0.292 e. The summed E-state index contributed by atoms with van der Waals surface area (Å²) in [6, 6.07) is 170. The SMILES string of the molecule is c1cc2ccc3ccc(-c4ccc5c(c4)c4ncccc4c4nc6ccccc6n54)c4ccc(c1)c2c34.c1ccc2cc(-c3c4ccccc4c(-c4ccc5ccccc5c4)c4cc(-c5ccc6c(c5)c5cccnc5c5nc7ccccc7n65)ccc34)ccc2c1.c1ccc2cc(-c3c4ccccc4c(-c4ccc5ccccc5c4)c4cc(-c5ccc6c(c5)c5ccncc5c5nc7ccccc7n65)ccc34)ccc2c1. The van der Waals surface area contributed by atoms with Gasteiger partial charge < -0.3 is 0 Å². The van der Waals surface area contributed by atoms with Crippen LogP contribution in [0.5, 0.6) is 0 Å². The van der Waals surface area contributed by atoms with Crippen LogP contribution in [0.3, 0.4) is 0 Å². The Morgan fingerprint density at radius 1 is 0.156 bits per heavy atom. The first-order valence-corrected chi connectivity index (χ1v) is 50.2. The fourth-order valence-electron chi connectivity index (χ4n) is 24.4. The van der Waals surface area contributed by atoms with Gasteiger partial charge in [-0.25, -0.2) is 15.0 Å². The van der Waals surface area contributed by atoms with E-state index in [0.29, 0.717) is 0 Å². The highest BCUT2D eigenvalue weighted by molar-refractivity contribution is 6.29. The minimum atomic E-state index is 0.885. The van der Waals surface area contributed by atoms with Crippen LogP contribution in [-0.2, 0) is 0 Å². The lowest BCUT2D eigenvalue weighted by Crippen LogP contribution is -1.94. The maximum absolute atomic E-state index is 5.06. The molecule has 0 saturated carbocycles. The van der Waals surface area contributed by atoms with Crippen molar-refractivity contribution in [2.24, 2.45) is 0 Å². The van der Waals surface area contributed by atoms with Crippen molar-refractivity contribution in [3.8, 4) is 77.9 Å². The van der Waals surface area contributed by atoms with E-state index in [9.17, 15) is 0 Å². The monoisotopic (exact) mass is 1860 g/mol. The van der Waals surface area contributed by atoms with E-state index in [1.54, 1.807) is 0 Å². The summed E-state index contributed by atoms with van der Waals surface area (Å²) in [4.78, 5) is 29.3. The van der Waals surface area contributed by atoms with Crippen LogP contribution in [0.1, 0.15) is 0 Å². The number of nitrogens with zero attached hydrogens (tertiary/aromatic N) is 9. The molecule has 0 spiro atoms. The maximum Gasteiger partial charge on any atom is 0.165 e. The lowest BCUT2D eigenvalue weighted by Gasteiger charge is -2.19. The summed E-state index contributed by atoms with van der Waals surface area (Å²) >= 11 is 0. The standard InChI is InChI=1S/2C52H31N3.C34H19N3/c1-3-12-34-28-38(21-19-32(34)10-1)49-40-14-5-6-15-41(40)50(39-22-20-33-11-2-4-13-35(33)29-39)45-31-36(23-25-42(45)49)37-24-26-47-44(30-37)43-16-9-27-53-51(43)52-54-46-17-7-8-18-48(46)55(47)52;1-3-11-34-27-38(19-17-32(34)9-1)50-41-13-5-6-14-42(41)51(39-20-18-33-10-2-4-12-35(33)28-39)45-30-36(21-23-43(45)50)37-22-24-48-44(29-37)40-25-26-53-31-46(40)52-54-47-15-7-8-16-49(47)55(48)52;1-2-9-30-28(8-1)36-34-26-7-4-18-35-33(26)27-19-23(14-17-29(27)37(30)34)24-15-12-22-11-10-20-5-3-6-21-13-16-25(24)32(22)31(20)21/h2*1-31H;1-19H. The molecule has 9 aromatic heterocycles. The first-order valence-electron chi connectivity index (χ1n) is 50.2. The van der Waals surface area contributed by atoms with Gasteiger partial charge in [-0.15, -0.1) is 0 Å². The quantitative estimate of drug-likeness (QED) is 0.117. The maximum atomic E-state index is 5.06. The van der Waals surface area contributed by atoms with Gasteiger partial charge in [0, 0.05) is 57.1 Å². The third-order valence-electron chi connectivity index (χ3n) is 31.1. The molecule has 0 aliphatic heterocycles. The van der Waals surface area contributed by atoms with Crippen molar-refractivity contribution in [1.29, 1.82) is 0 Å². The second-order valence-corrected chi connectivity index (χ2v) is 39.0. The van der Waals surface area contributed by atoms with E-state index < -0.39 is 0 Å². The zero-order valence-electron chi connectivity index (χ0n) is 79.3. The predicted octanol–water partition coefficient (Wildman–Crippen LogP) is 36.4. The molecule has 678 valence electrons. The highest BCUT2D eigenvalue weighted by Crippen LogP contribution is 2.51. The first kappa shape index (κ1) is 82.0. The van der Waals surface area contributed by atoms with Crippen molar-refractivity contribution >= 4 is 234 Å². The van der Waals surface area contributed by atoms with Gasteiger partial charge in [0.05, 0.1) is 55.2 Å². The smallest absolute Gasteiger partial charge is 0.165 e. The summed E-state index contributed by atoms with van der Waals surface area (Å²) in [6.07, 6.45) is 7.59. The Balaban J connectivity index is 0.000000102. The highest BCUT2D eigenvalue weighted by atomic mass is 15.0. The molecule has 0 radical (unpaired) electrons. The average Bonchev–Trinajstić information content (AvgIpc) is 1.74. The van der Waals surface area contributed by atoms with Crippen molar-refractivity contribution in [1.82, 2.24) is 43.1 Å². The summed E-state index contributed by atoms with van der Waals surface area (Å²) in [5, 5.41) is 35.5. The molecule has 0 N–H and O–H groups in total. The molecule has 0 aliphatic carbocycles. The molecule has 0 saturated heterocycles. The summed E-state index contributed by atoms with van der Waals surface area (Å²) in [5.41, 5.74) is 31.3. The van der Waals surface area contributed by atoms with Crippen molar-refractivity contribution in [3.05, 3.63) is 492 Å². The van der Waals surface area contributed by atoms with Gasteiger partial charge in [-0.05, 0) is 335 Å². The Bertz CT molecular complexity index is 11000. The molecule has 24 aromatic carbocycles. The van der Waals surface area contributed by atoms with E-state index in [0.717, 1.165) is 116 Å². The molecular weight excluding hydrogens is 1780 g/mol. The van der Waals surface area contributed by atoms with Gasteiger partial charge in [0.2, 0.25) is 0 Å². The van der Waals surface area contributed by atoms with Crippen molar-refractivity contribution in [2.75, 3.05) is 0 Å². The number of benzene rings is 24. The first-order chi connectivity index (χ1) is 72.9. The molecule has 0 fully saturated rings. The van der Waals surface area contributed by atoms with Gasteiger partial charge in [0.1, 0.15) is 16.8 Å². The Morgan fingerprint density at radius 3 is 0.980 bits per heavy atom. The number of imidazole rings is 3. The normalized spacial score (nSPS) is 12.1. The molecular formula is C138H81N9. The third-order valence-corrected chi connectivity index (χ3v) is 31.1. The number of pyridine rings is 6. The highest BCUT2D eigenvalue weighted by Gasteiger charge is 2.26. The van der Waals surface area contributed by atoms with Crippen molar-refractivity contribution < 1.29 is 0 Å². The van der Waals surface area contributed by atoms with Crippen LogP contribution in [0.2, 0.25) is 0 Å². The van der Waals surface area contributed by atoms with Crippen LogP contribution in [0.4, 0.5) is 0 Å². The van der Waals surface area contributed by atoms with Gasteiger partial charge in [0.15, 0.2) is 5.65 Å². The van der Waals surface area contributed by atoms with Crippen LogP contribution in [0, 0.1) is 0 Å². The van der Waals surface area contributed by atoms with Gasteiger partial charge in [0.25, 0.3) is 0 Å². The molecule has 9 heterocycles. The molecule has 0 aliphatic rings. The number of para-hydroxylation sites is 6. The van der Waals surface area contributed by atoms with Crippen LogP contribution in [-0.4, -0.2) is 43.1 Å². The second kappa shape index (κ2) is 32.4. The summed E-state index contributed by atoms with van der Waals surface area (Å²) in [5.74, 6) is 0. The van der Waals surface area contributed by atoms with E-state index >= 15 is 0 Å². The Kier molecular flexibility index (Phi) is 18.1. The lowest BCUT2D eigenvalue weighted by atomic mass is 9.84. The molecule has 33 rings (SSSR count). The molecule has 0 unspecified atom stereocenters. The molecule has 9 heteroatoms. The topological polar surface area (TPSA) is 90.6 Å². The minimum absolute atomic E-state index is 0.885. The second-order valence-electron chi connectivity index (χ2n) is 39.0. The Labute approximate surface area is 840 Å². The van der Waals surface area contributed by atoms with Gasteiger partial charge in [-0.1, -0.05) is 334 Å². The summed E-state index contributed by atoms with van der Waals surface area (Å²) < 4.78 is 6.84. The Hall–Kier alpha value is -19.7. The van der Waals surface area contributed by atoms with Crippen molar-refractivity contribution in [3.63, 3.8) is 0 Å². The molecule has 147 heavy (non-hydrogen) atoms. The molecule has 9 nitrogen and oxygen atoms in total. The van der Waals surface area contributed by atoms with Gasteiger partial charge >= 0.3 is 0 Å². The average molecular weight is 1870 g/mol. The zero-order valence-corrected chi connectivity index (χ0v) is 79.3. The third kappa shape index (κ3) is 12.8. The van der Waals surface area contributed by atoms with Crippen LogP contribution in [0.15, 0.2) is 492 Å². The zero-order chi connectivity index (χ0) is 96.2. The number of hydrogen-bond acceptors (Lipinski definition) is 6. The van der Waals surface area contributed by atoms with Gasteiger partial charge in [-0.3, -0.25) is 28.2 Å². The number of fused-ring (bicyclic) bond motifs is 32. The Morgan fingerprint density at radius 2 is 0.483 bits per heavy atom. The van der Waals surface area contributed by atoms with E-state index in [1.807, 2.05) is 49.1 Å². The fourth-order valence-corrected chi connectivity index (χ4v) is 24.4.